The van der Waals surface area contributed by atoms with Crippen LogP contribution in [0.4, 0.5) is 11.8 Å². The average Bonchev–Trinajstić information content (AvgIpc) is 3.15. The summed E-state index contributed by atoms with van der Waals surface area (Å²) in [6.45, 7) is 0. The highest BCUT2D eigenvalue weighted by molar-refractivity contribution is 14.1. The van der Waals surface area contributed by atoms with Crippen molar-refractivity contribution in [2.75, 3.05) is 11.5 Å². The summed E-state index contributed by atoms with van der Waals surface area (Å²) in [5.41, 5.74) is 15.5. The fourth-order valence-electron chi connectivity index (χ4n) is 3.05. The van der Waals surface area contributed by atoms with Gasteiger partial charge < -0.3 is 16.0 Å². The van der Waals surface area contributed by atoms with E-state index in [9.17, 15) is 4.79 Å². The van der Waals surface area contributed by atoms with Gasteiger partial charge in [-0.3, -0.25) is 4.79 Å². The van der Waals surface area contributed by atoms with Crippen molar-refractivity contribution in [2.45, 2.75) is 0 Å². The molecule has 0 saturated heterocycles. The number of thiophene rings is 1. The maximum Gasteiger partial charge on any atom is 0.222 e. The highest BCUT2D eigenvalue weighted by Gasteiger charge is 2.22. The predicted octanol–water partition coefficient (Wildman–Crippen LogP) is 3.43. The lowest BCUT2D eigenvalue weighted by Gasteiger charge is -2.13. The van der Waals surface area contributed by atoms with Gasteiger partial charge >= 0.3 is 0 Å². The van der Waals surface area contributed by atoms with Crippen molar-refractivity contribution in [3.8, 4) is 11.1 Å². The molecule has 0 aliphatic rings. The number of halogens is 1. The molecule has 120 valence electrons. The number of aldehydes is 1. The van der Waals surface area contributed by atoms with E-state index in [0.717, 1.165) is 37.3 Å². The number of carbonyl (C=O) groups excluding carboxylic acids is 1. The van der Waals surface area contributed by atoms with Crippen molar-refractivity contribution in [1.29, 1.82) is 0 Å². The maximum atomic E-state index is 11.4. The van der Waals surface area contributed by atoms with Crippen molar-refractivity contribution in [1.82, 2.24) is 14.5 Å². The molecule has 4 aromatic rings. The van der Waals surface area contributed by atoms with E-state index in [2.05, 4.69) is 32.6 Å². The van der Waals surface area contributed by atoms with Crippen molar-refractivity contribution in [3.63, 3.8) is 0 Å². The van der Waals surface area contributed by atoms with Crippen LogP contribution in [-0.4, -0.2) is 20.8 Å². The number of anilines is 2. The Labute approximate surface area is 154 Å². The van der Waals surface area contributed by atoms with Gasteiger partial charge in [-0.1, -0.05) is 0 Å². The van der Waals surface area contributed by atoms with Crippen LogP contribution in [0.1, 0.15) is 9.67 Å². The topological polar surface area (TPSA) is 99.8 Å². The second-order valence-corrected chi connectivity index (χ2v) is 7.41. The SMILES string of the molecule is Cn1ccc2c3c(N)nc(N)nc3c(I)c(-c3ccsc3C=O)c21. The third-order valence-electron chi connectivity index (χ3n) is 4.03. The van der Waals surface area contributed by atoms with E-state index < -0.39 is 0 Å². The molecule has 24 heavy (non-hydrogen) atoms. The number of carbonyl (C=O) groups is 1. The molecule has 0 aliphatic heterocycles. The van der Waals surface area contributed by atoms with E-state index in [1.807, 2.05) is 35.3 Å². The van der Waals surface area contributed by atoms with Crippen molar-refractivity contribution < 1.29 is 4.79 Å². The minimum atomic E-state index is 0.139. The van der Waals surface area contributed by atoms with Gasteiger partial charge in [0.05, 0.1) is 21.3 Å². The van der Waals surface area contributed by atoms with Gasteiger partial charge in [0.1, 0.15) is 5.82 Å². The third-order valence-corrected chi connectivity index (χ3v) is 5.92. The van der Waals surface area contributed by atoms with E-state index in [-0.39, 0.29) is 5.95 Å². The number of aryl methyl sites for hydroxylation is 1. The standard InChI is InChI=1S/C16H12IN5OS/c1-22-4-2-8-11-13(20-16(19)21-15(11)18)12(17)10(14(8)22)7-3-5-24-9(7)6-23/h2-6H,1H3,(H4,18,19,20,21). The van der Waals surface area contributed by atoms with Gasteiger partial charge in [-0.05, 0) is 40.1 Å². The molecule has 0 atom stereocenters. The molecule has 1 aromatic carbocycles. The van der Waals surface area contributed by atoms with Gasteiger partial charge in [0, 0.05) is 33.3 Å². The van der Waals surface area contributed by atoms with Crippen LogP contribution in [-0.2, 0) is 7.05 Å². The molecule has 0 fully saturated rings. The normalized spacial score (nSPS) is 11.4. The zero-order valence-electron chi connectivity index (χ0n) is 12.6. The quantitative estimate of drug-likeness (QED) is 0.361. The summed E-state index contributed by atoms with van der Waals surface area (Å²) in [7, 11) is 1.97. The largest absolute Gasteiger partial charge is 0.383 e. The van der Waals surface area contributed by atoms with Crippen LogP contribution in [0.2, 0.25) is 0 Å². The fourth-order valence-corrected chi connectivity index (χ4v) is 4.69. The summed E-state index contributed by atoms with van der Waals surface area (Å²) < 4.78 is 2.92. The minimum Gasteiger partial charge on any atom is -0.383 e. The Morgan fingerprint density at radius 2 is 2.08 bits per heavy atom. The van der Waals surface area contributed by atoms with Crippen LogP contribution in [0, 0.1) is 3.57 Å². The summed E-state index contributed by atoms with van der Waals surface area (Å²) in [5, 5.41) is 3.65. The number of nitrogens with zero attached hydrogens (tertiary/aromatic N) is 3. The number of nitrogens with two attached hydrogens (primary N) is 2. The van der Waals surface area contributed by atoms with Crippen LogP contribution >= 0.6 is 33.9 Å². The fraction of sp³-hybridized carbons (Fsp3) is 0.0625. The summed E-state index contributed by atoms with van der Waals surface area (Å²) in [6, 6.07) is 3.94. The van der Waals surface area contributed by atoms with Gasteiger partial charge in [-0.2, -0.15) is 4.98 Å². The number of fused-ring (bicyclic) bond motifs is 3. The lowest BCUT2D eigenvalue weighted by Crippen LogP contribution is -2.03. The number of benzene rings is 1. The highest BCUT2D eigenvalue weighted by atomic mass is 127. The molecule has 4 rings (SSSR count). The Hall–Kier alpha value is -2.20. The number of aromatic nitrogens is 3. The molecule has 3 aromatic heterocycles. The molecule has 3 heterocycles. The van der Waals surface area contributed by atoms with Gasteiger partial charge in [0.15, 0.2) is 6.29 Å². The first-order valence-electron chi connectivity index (χ1n) is 7.05. The third kappa shape index (κ3) is 2.02. The molecule has 0 saturated carbocycles. The van der Waals surface area contributed by atoms with Gasteiger partial charge in [-0.25, -0.2) is 4.98 Å². The van der Waals surface area contributed by atoms with Crippen LogP contribution in [0.5, 0.6) is 0 Å². The Morgan fingerprint density at radius 3 is 2.83 bits per heavy atom. The van der Waals surface area contributed by atoms with Crippen LogP contribution < -0.4 is 11.5 Å². The number of hydrogen-bond donors (Lipinski definition) is 2. The van der Waals surface area contributed by atoms with Gasteiger partial charge in [0.2, 0.25) is 5.95 Å². The van der Waals surface area contributed by atoms with E-state index in [0.29, 0.717) is 16.2 Å². The molecule has 0 aliphatic carbocycles. The van der Waals surface area contributed by atoms with Gasteiger partial charge in [-0.15, -0.1) is 11.3 Å². The molecular formula is C16H12IN5OS. The Balaban J connectivity index is 2.30. The number of hydrogen-bond acceptors (Lipinski definition) is 6. The molecule has 0 bridgehead atoms. The van der Waals surface area contributed by atoms with Crippen LogP contribution in [0.3, 0.4) is 0 Å². The molecule has 0 unspecified atom stereocenters. The summed E-state index contributed by atoms with van der Waals surface area (Å²) in [4.78, 5) is 20.6. The predicted molar refractivity (Wildman–Crippen MR) is 106 cm³/mol. The number of rotatable bonds is 2. The molecule has 8 heteroatoms. The first kappa shape index (κ1) is 15.3. The molecule has 0 spiro atoms. The highest BCUT2D eigenvalue weighted by Crippen LogP contribution is 2.42. The van der Waals surface area contributed by atoms with Crippen LogP contribution in [0.25, 0.3) is 32.9 Å². The smallest absolute Gasteiger partial charge is 0.222 e. The Morgan fingerprint density at radius 1 is 1.29 bits per heavy atom. The van der Waals surface area contributed by atoms with Crippen molar-refractivity contribution >= 4 is 73.8 Å². The zero-order valence-corrected chi connectivity index (χ0v) is 15.6. The minimum absolute atomic E-state index is 0.139. The molecule has 0 radical (unpaired) electrons. The molecule has 6 nitrogen and oxygen atoms in total. The van der Waals surface area contributed by atoms with Gasteiger partial charge in [0.25, 0.3) is 0 Å². The maximum absolute atomic E-state index is 11.4. The van der Waals surface area contributed by atoms with Crippen molar-refractivity contribution in [2.24, 2.45) is 7.05 Å². The zero-order chi connectivity index (χ0) is 17.0. The van der Waals surface area contributed by atoms with Crippen molar-refractivity contribution in [3.05, 3.63) is 32.2 Å². The Kier molecular flexibility index (Phi) is 3.46. The first-order chi connectivity index (χ1) is 11.5. The summed E-state index contributed by atoms with van der Waals surface area (Å²) >= 11 is 3.66. The number of nitrogen functional groups attached to an aromatic ring is 2. The van der Waals surface area contributed by atoms with E-state index in [1.165, 1.54) is 11.3 Å². The lowest BCUT2D eigenvalue weighted by atomic mass is 10.0. The summed E-state index contributed by atoms with van der Waals surface area (Å²) in [5.74, 6) is 0.499. The average molecular weight is 449 g/mol. The Bertz CT molecular complexity index is 1130. The van der Waals surface area contributed by atoms with E-state index in [1.54, 1.807) is 0 Å². The molecular weight excluding hydrogens is 437 g/mol. The lowest BCUT2D eigenvalue weighted by molar-refractivity contribution is 0.112. The van der Waals surface area contributed by atoms with Crippen LogP contribution in [0.15, 0.2) is 23.7 Å². The second kappa shape index (κ2) is 5.42. The summed E-state index contributed by atoms with van der Waals surface area (Å²) in [6.07, 6.45) is 2.85. The molecule has 4 N–H and O–H groups in total. The van der Waals surface area contributed by atoms with E-state index in [4.69, 9.17) is 11.5 Å². The van der Waals surface area contributed by atoms with E-state index >= 15 is 0 Å². The monoisotopic (exact) mass is 449 g/mol. The second-order valence-electron chi connectivity index (χ2n) is 5.38. The first-order valence-corrected chi connectivity index (χ1v) is 9.01. The molecule has 0 amide bonds.